The summed E-state index contributed by atoms with van der Waals surface area (Å²) in [5, 5.41) is 0. The molecule has 0 aliphatic rings. The molecule has 5 heteroatoms. The van der Waals surface area contributed by atoms with Gasteiger partial charge in [-0.15, -0.1) is 0 Å². The zero-order valence-corrected chi connectivity index (χ0v) is 14.0. The fraction of sp³-hybridized carbons (Fsp3) is 0.750. The predicted octanol–water partition coefficient (Wildman–Crippen LogP) is 3.55. The summed E-state index contributed by atoms with van der Waals surface area (Å²) in [5.74, 6) is -0.344. The quantitative estimate of drug-likeness (QED) is 0.404. The maximum absolute atomic E-state index is 11.0. The molecule has 0 aliphatic heterocycles. The van der Waals surface area contributed by atoms with Crippen LogP contribution in [0.3, 0.4) is 0 Å². The van der Waals surface area contributed by atoms with Crippen LogP contribution < -0.4 is 0 Å². The Morgan fingerprint density at radius 1 is 1.29 bits per heavy atom. The van der Waals surface area contributed by atoms with Crippen molar-refractivity contribution in [2.24, 2.45) is 0 Å². The summed E-state index contributed by atoms with van der Waals surface area (Å²) in [6.45, 7) is 16.4. The summed E-state index contributed by atoms with van der Waals surface area (Å²) in [6.07, 6.45) is 2.01. The molecule has 0 heterocycles. The van der Waals surface area contributed by atoms with E-state index < -0.39 is 16.6 Å². The summed E-state index contributed by atoms with van der Waals surface area (Å²) >= 11 is 0. The van der Waals surface area contributed by atoms with E-state index in [4.69, 9.17) is 8.85 Å². The number of carbonyl (C=O) groups excluding carboxylic acids is 1. The van der Waals surface area contributed by atoms with Gasteiger partial charge in [0, 0.05) is 6.08 Å². The number of esters is 1. The summed E-state index contributed by atoms with van der Waals surface area (Å²) in [7, 11) is -3.08. The van der Waals surface area contributed by atoms with E-state index in [2.05, 4.69) is 39.3 Å². The highest BCUT2D eigenvalue weighted by atomic mass is 28.4. The summed E-state index contributed by atoms with van der Waals surface area (Å²) in [6, 6.07) is 1.02. The van der Waals surface area contributed by atoms with Crippen molar-refractivity contribution in [3.05, 3.63) is 12.7 Å². The Hall–Kier alpha value is -0.396. The highest BCUT2D eigenvalue weighted by Gasteiger charge is 2.29. The van der Waals surface area contributed by atoms with Crippen molar-refractivity contribution in [1.82, 2.24) is 0 Å². The molecule has 0 bridgehead atoms. The number of hydrogen-bond donors (Lipinski definition) is 0. The topological polar surface area (TPSA) is 35.5 Å². The Morgan fingerprint density at radius 3 is 2.24 bits per heavy atom. The molecular formula is C12H26O3Si2. The van der Waals surface area contributed by atoms with Crippen LogP contribution >= 0.6 is 0 Å². The number of carbonyl (C=O) groups is 1. The van der Waals surface area contributed by atoms with Gasteiger partial charge in [0.05, 0.1) is 6.10 Å². The Bertz CT molecular complexity index is 269. The van der Waals surface area contributed by atoms with Crippen LogP contribution in [0.1, 0.15) is 13.3 Å². The summed E-state index contributed by atoms with van der Waals surface area (Å²) in [5.41, 5.74) is 0. The lowest BCUT2D eigenvalue weighted by molar-refractivity contribution is -0.142. The minimum absolute atomic E-state index is 0.0579. The Balaban J connectivity index is 4.09. The maximum Gasteiger partial charge on any atom is 0.330 e. The third-order valence-corrected chi connectivity index (χ3v) is 8.37. The second kappa shape index (κ2) is 6.51. The van der Waals surface area contributed by atoms with Gasteiger partial charge in [0.1, 0.15) is 0 Å². The fourth-order valence-corrected chi connectivity index (χ4v) is 9.88. The Kier molecular flexibility index (Phi) is 6.36. The molecule has 0 spiro atoms. The van der Waals surface area contributed by atoms with Gasteiger partial charge >= 0.3 is 5.97 Å². The molecule has 0 saturated carbocycles. The van der Waals surface area contributed by atoms with Gasteiger partial charge in [0.2, 0.25) is 0 Å². The summed E-state index contributed by atoms with van der Waals surface area (Å²) < 4.78 is 11.4. The predicted molar refractivity (Wildman–Crippen MR) is 77.1 cm³/mol. The van der Waals surface area contributed by atoms with Crippen LogP contribution in [0, 0.1) is 0 Å². The lowest BCUT2D eigenvalue weighted by Crippen LogP contribution is -2.42. The first kappa shape index (κ1) is 16.6. The monoisotopic (exact) mass is 274 g/mol. The molecule has 0 N–H and O–H groups in total. The van der Waals surface area contributed by atoms with Crippen LogP contribution in [-0.4, -0.2) is 28.7 Å². The zero-order chi connectivity index (χ0) is 13.7. The van der Waals surface area contributed by atoms with E-state index in [-0.39, 0.29) is 12.1 Å². The molecule has 17 heavy (non-hydrogen) atoms. The molecule has 0 aromatic carbocycles. The van der Waals surface area contributed by atoms with Crippen molar-refractivity contribution in [1.29, 1.82) is 0 Å². The smallest absolute Gasteiger partial charge is 0.330 e. The molecule has 0 fully saturated rings. The van der Waals surface area contributed by atoms with Crippen molar-refractivity contribution in [2.75, 3.05) is 0 Å². The van der Waals surface area contributed by atoms with Gasteiger partial charge in [0.15, 0.2) is 16.6 Å². The zero-order valence-electron chi connectivity index (χ0n) is 12.0. The molecule has 0 saturated heterocycles. The van der Waals surface area contributed by atoms with Gasteiger partial charge in [-0.2, -0.15) is 0 Å². The molecule has 0 radical (unpaired) electrons. The molecule has 0 aromatic rings. The SMILES string of the molecule is C=CC(=O)OC(C)CC[Si](C)(C)O[Si](C)(C)C. The maximum atomic E-state index is 11.0. The van der Waals surface area contributed by atoms with Crippen LogP contribution in [-0.2, 0) is 13.6 Å². The van der Waals surface area contributed by atoms with Crippen LogP contribution in [0.2, 0.25) is 38.8 Å². The van der Waals surface area contributed by atoms with Crippen LogP contribution in [0.4, 0.5) is 0 Å². The van der Waals surface area contributed by atoms with Crippen molar-refractivity contribution in [3.63, 3.8) is 0 Å². The molecule has 1 unspecified atom stereocenters. The number of rotatable bonds is 7. The average Bonchev–Trinajstić information content (AvgIpc) is 2.11. The third-order valence-electron chi connectivity index (χ3n) is 2.22. The van der Waals surface area contributed by atoms with E-state index >= 15 is 0 Å². The normalized spacial score (nSPS) is 14.2. The molecule has 0 aromatic heterocycles. The van der Waals surface area contributed by atoms with E-state index in [0.29, 0.717) is 0 Å². The van der Waals surface area contributed by atoms with Gasteiger partial charge in [-0.05, 0) is 52.1 Å². The molecule has 0 amide bonds. The second-order valence-corrected chi connectivity index (χ2v) is 15.0. The van der Waals surface area contributed by atoms with E-state index in [1.54, 1.807) is 0 Å². The molecule has 1 atom stereocenters. The lowest BCUT2D eigenvalue weighted by Gasteiger charge is -2.32. The van der Waals surface area contributed by atoms with E-state index in [1.165, 1.54) is 6.08 Å². The number of hydrogen-bond acceptors (Lipinski definition) is 3. The van der Waals surface area contributed by atoms with Gasteiger partial charge in [-0.3, -0.25) is 0 Å². The summed E-state index contributed by atoms with van der Waals surface area (Å²) in [4.78, 5) is 11.0. The largest absolute Gasteiger partial charge is 0.460 e. The van der Waals surface area contributed by atoms with Crippen molar-refractivity contribution in [3.8, 4) is 0 Å². The van der Waals surface area contributed by atoms with Crippen molar-refractivity contribution < 1.29 is 13.6 Å². The van der Waals surface area contributed by atoms with Crippen LogP contribution in [0.15, 0.2) is 12.7 Å². The Morgan fingerprint density at radius 2 is 1.82 bits per heavy atom. The third kappa shape index (κ3) is 9.32. The van der Waals surface area contributed by atoms with Gasteiger partial charge in [-0.1, -0.05) is 6.58 Å². The van der Waals surface area contributed by atoms with Gasteiger partial charge < -0.3 is 8.85 Å². The van der Waals surface area contributed by atoms with Gasteiger partial charge in [-0.25, -0.2) is 4.79 Å². The first-order chi connectivity index (χ1) is 7.56. The van der Waals surface area contributed by atoms with Crippen molar-refractivity contribution >= 4 is 22.6 Å². The standard InChI is InChI=1S/C12H26O3Si2/c1-8-12(13)14-11(2)9-10-17(6,7)15-16(3,4)5/h8,11H,1,9-10H2,2-7H3. The minimum Gasteiger partial charge on any atom is -0.460 e. The van der Waals surface area contributed by atoms with E-state index in [9.17, 15) is 4.79 Å². The van der Waals surface area contributed by atoms with E-state index in [0.717, 1.165) is 12.5 Å². The van der Waals surface area contributed by atoms with Gasteiger partial charge in [0.25, 0.3) is 0 Å². The minimum atomic E-state index is -1.62. The molecular weight excluding hydrogens is 248 g/mol. The average molecular weight is 275 g/mol. The molecule has 0 rings (SSSR count). The number of ether oxygens (including phenoxy) is 1. The van der Waals surface area contributed by atoms with Crippen LogP contribution in [0.25, 0.3) is 0 Å². The van der Waals surface area contributed by atoms with Crippen LogP contribution in [0.5, 0.6) is 0 Å². The first-order valence-electron chi connectivity index (χ1n) is 6.09. The molecule has 0 aliphatic carbocycles. The first-order valence-corrected chi connectivity index (χ1v) is 12.6. The van der Waals surface area contributed by atoms with E-state index in [1.807, 2.05) is 6.92 Å². The Labute approximate surface area is 107 Å². The fourth-order valence-electron chi connectivity index (χ4n) is 1.74. The molecule has 100 valence electrons. The van der Waals surface area contributed by atoms with Crippen molar-refractivity contribution in [2.45, 2.75) is 58.2 Å². The second-order valence-electron chi connectivity index (χ2n) is 5.96. The highest BCUT2D eigenvalue weighted by Crippen LogP contribution is 2.21. The molecule has 3 nitrogen and oxygen atoms in total. The highest BCUT2D eigenvalue weighted by molar-refractivity contribution is 6.84. The lowest BCUT2D eigenvalue weighted by atomic mass is 10.3.